The molecule has 1 N–H and O–H groups in total. The van der Waals surface area contributed by atoms with Crippen molar-refractivity contribution >= 4 is 41.0 Å². The van der Waals surface area contributed by atoms with Crippen molar-refractivity contribution in [3.8, 4) is 17.1 Å². The van der Waals surface area contributed by atoms with Crippen LogP contribution in [0.4, 0.5) is 5.69 Å². The van der Waals surface area contributed by atoms with E-state index >= 15 is 0 Å². The second-order valence-electron chi connectivity index (χ2n) is 6.11. The van der Waals surface area contributed by atoms with Crippen molar-refractivity contribution in [2.75, 3.05) is 6.61 Å². The first-order chi connectivity index (χ1) is 14.3. The number of carbonyl (C=O) groups excluding carboxylic acids is 1. The molecular weight excluding hydrogens is 433 g/mol. The van der Waals surface area contributed by atoms with Gasteiger partial charge in [0.1, 0.15) is 17.3 Å². The van der Waals surface area contributed by atoms with E-state index < -0.39 is 10.8 Å². The molecule has 1 heterocycles. The molecule has 0 aliphatic heterocycles. The SMILES string of the molecule is Cc1cc([N+](=O)[O-])ccc1-c1ccc(C=NNC(=O)COc2ccc(Cl)cc2Cl)o1. The Bertz CT molecular complexity index is 1130. The van der Waals surface area contributed by atoms with E-state index in [0.29, 0.717) is 32.9 Å². The topological polar surface area (TPSA) is 107 Å². The number of nitro benzene ring substituents is 1. The van der Waals surface area contributed by atoms with Gasteiger partial charge in [-0.2, -0.15) is 5.10 Å². The van der Waals surface area contributed by atoms with Gasteiger partial charge in [0.25, 0.3) is 11.6 Å². The van der Waals surface area contributed by atoms with Gasteiger partial charge < -0.3 is 9.15 Å². The number of amides is 1. The third kappa shape index (κ3) is 5.37. The fourth-order valence-corrected chi connectivity index (χ4v) is 3.00. The zero-order chi connectivity index (χ0) is 21.7. The quantitative estimate of drug-likeness (QED) is 0.311. The van der Waals surface area contributed by atoms with E-state index in [9.17, 15) is 14.9 Å². The van der Waals surface area contributed by atoms with Crippen LogP contribution in [0, 0.1) is 17.0 Å². The zero-order valence-electron chi connectivity index (χ0n) is 15.6. The molecule has 0 saturated heterocycles. The van der Waals surface area contributed by atoms with Crippen LogP contribution in [0.15, 0.2) is 58.0 Å². The maximum absolute atomic E-state index is 11.8. The first kappa shape index (κ1) is 21.4. The normalized spacial score (nSPS) is 10.9. The van der Waals surface area contributed by atoms with E-state index in [4.69, 9.17) is 32.4 Å². The smallest absolute Gasteiger partial charge is 0.277 e. The van der Waals surface area contributed by atoms with Gasteiger partial charge in [-0.1, -0.05) is 23.2 Å². The summed E-state index contributed by atoms with van der Waals surface area (Å²) in [6.45, 7) is 1.47. The van der Waals surface area contributed by atoms with Crippen LogP contribution >= 0.6 is 23.2 Å². The molecule has 0 aliphatic rings. The van der Waals surface area contributed by atoms with Crippen LogP contribution in [0.2, 0.25) is 10.0 Å². The molecule has 154 valence electrons. The average molecular weight is 448 g/mol. The van der Waals surface area contributed by atoms with Crippen LogP contribution < -0.4 is 10.2 Å². The zero-order valence-corrected chi connectivity index (χ0v) is 17.1. The summed E-state index contributed by atoms with van der Waals surface area (Å²) in [5, 5.41) is 15.4. The van der Waals surface area contributed by atoms with Gasteiger partial charge in [0.05, 0.1) is 16.2 Å². The molecule has 3 aromatic rings. The van der Waals surface area contributed by atoms with Crippen LogP contribution in [0.25, 0.3) is 11.3 Å². The Kier molecular flexibility index (Phi) is 6.71. The van der Waals surface area contributed by atoms with Crippen molar-refractivity contribution in [2.45, 2.75) is 6.92 Å². The Morgan fingerprint density at radius 2 is 2.03 bits per heavy atom. The number of nitro groups is 1. The molecule has 0 saturated carbocycles. The summed E-state index contributed by atoms with van der Waals surface area (Å²) in [6.07, 6.45) is 1.33. The summed E-state index contributed by atoms with van der Waals surface area (Å²) in [5.41, 5.74) is 3.74. The molecule has 0 fully saturated rings. The van der Waals surface area contributed by atoms with Gasteiger partial charge in [0, 0.05) is 22.7 Å². The molecule has 8 nitrogen and oxygen atoms in total. The number of nitrogens with zero attached hydrogens (tertiary/aromatic N) is 2. The Morgan fingerprint density at radius 3 is 2.73 bits per heavy atom. The number of hydrogen-bond acceptors (Lipinski definition) is 6. The molecule has 1 amide bonds. The first-order valence-corrected chi connectivity index (χ1v) is 9.34. The molecule has 0 radical (unpaired) electrons. The highest BCUT2D eigenvalue weighted by Crippen LogP contribution is 2.28. The number of hydrazone groups is 1. The summed E-state index contributed by atoms with van der Waals surface area (Å²) < 4.78 is 11.0. The van der Waals surface area contributed by atoms with Crippen molar-refractivity contribution in [1.29, 1.82) is 0 Å². The maximum atomic E-state index is 11.8. The fraction of sp³-hybridized carbons (Fsp3) is 0.100. The van der Waals surface area contributed by atoms with E-state index in [1.54, 1.807) is 37.3 Å². The number of non-ortho nitro benzene ring substituents is 1. The Labute approximate surface area is 181 Å². The minimum Gasteiger partial charge on any atom is -0.482 e. The van der Waals surface area contributed by atoms with E-state index in [0.717, 1.165) is 5.56 Å². The van der Waals surface area contributed by atoms with Crippen molar-refractivity contribution in [2.24, 2.45) is 5.10 Å². The standard InChI is InChI=1S/C20H15Cl2N3O5/c1-12-8-14(25(27)28)3-5-16(12)18-7-4-15(30-18)10-23-24-20(26)11-29-19-6-2-13(21)9-17(19)22/h2-10H,11H2,1H3,(H,24,26). The van der Waals surface area contributed by atoms with Crippen LogP contribution in [0.1, 0.15) is 11.3 Å². The number of nitrogens with one attached hydrogen (secondary N) is 1. The summed E-state index contributed by atoms with van der Waals surface area (Å²) in [6, 6.07) is 12.5. The molecule has 2 aromatic carbocycles. The second-order valence-corrected chi connectivity index (χ2v) is 6.96. The molecule has 30 heavy (non-hydrogen) atoms. The number of hydrogen-bond donors (Lipinski definition) is 1. The highest BCUT2D eigenvalue weighted by Gasteiger charge is 2.12. The molecule has 0 bridgehead atoms. The van der Waals surface area contributed by atoms with E-state index in [1.165, 1.54) is 24.4 Å². The predicted molar refractivity (Wildman–Crippen MR) is 113 cm³/mol. The molecule has 0 unspecified atom stereocenters. The number of halogens is 2. The van der Waals surface area contributed by atoms with Gasteiger partial charge in [-0.05, 0) is 48.9 Å². The second kappa shape index (κ2) is 9.43. The van der Waals surface area contributed by atoms with Gasteiger partial charge in [0.15, 0.2) is 6.61 Å². The lowest BCUT2D eigenvalue weighted by Gasteiger charge is -2.06. The van der Waals surface area contributed by atoms with Crippen LogP contribution in [0.5, 0.6) is 5.75 Å². The summed E-state index contributed by atoms with van der Waals surface area (Å²) in [5.74, 6) is 0.755. The average Bonchev–Trinajstić information content (AvgIpc) is 3.15. The molecule has 0 atom stereocenters. The van der Waals surface area contributed by atoms with E-state index in [-0.39, 0.29) is 12.3 Å². The first-order valence-electron chi connectivity index (χ1n) is 8.58. The van der Waals surface area contributed by atoms with E-state index in [2.05, 4.69) is 10.5 Å². The van der Waals surface area contributed by atoms with Crippen molar-refractivity contribution in [3.05, 3.63) is 80.0 Å². The lowest BCUT2D eigenvalue weighted by molar-refractivity contribution is -0.384. The summed E-state index contributed by atoms with van der Waals surface area (Å²) in [7, 11) is 0. The number of aryl methyl sites for hydroxylation is 1. The number of furan rings is 1. The Morgan fingerprint density at radius 1 is 1.23 bits per heavy atom. The van der Waals surface area contributed by atoms with Crippen LogP contribution in [0.3, 0.4) is 0 Å². The maximum Gasteiger partial charge on any atom is 0.277 e. The summed E-state index contributed by atoms with van der Waals surface area (Å²) >= 11 is 11.8. The number of benzene rings is 2. The molecule has 0 aliphatic carbocycles. The van der Waals surface area contributed by atoms with Crippen LogP contribution in [-0.2, 0) is 4.79 Å². The molecular formula is C20H15Cl2N3O5. The molecule has 10 heteroatoms. The minimum atomic E-state index is -0.491. The number of rotatable bonds is 7. The lowest BCUT2D eigenvalue weighted by atomic mass is 10.1. The predicted octanol–water partition coefficient (Wildman–Crippen LogP) is 5.00. The lowest BCUT2D eigenvalue weighted by Crippen LogP contribution is -2.24. The monoisotopic (exact) mass is 447 g/mol. The van der Waals surface area contributed by atoms with Gasteiger partial charge in [0.2, 0.25) is 0 Å². The van der Waals surface area contributed by atoms with Crippen molar-refractivity contribution < 1.29 is 18.9 Å². The molecule has 1 aromatic heterocycles. The minimum absolute atomic E-state index is 0.00871. The fourth-order valence-electron chi connectivity index (χ4n) is 2.54. The molecule has 3 rings (SSSR count). The van der Waals surface area contributed by atoms with Gasteiger partial charge >= 0.3 is 0 Å². The Balaban J connectivity index is 1.56. The largest absolute Gasteiger partial charge is 0.482 e. The summed E-state index contributed by atoms with van der Waals surface area (Å²) in [4.78, 5) is 22.2. The van der Waals surface area contributed by atoms with Gasteiger partial charge in [-0.3, -0.25) is 14.9 Å². The van der Waals surface area contributed by atoms with Gasteiger partial charge in [-0.25, -0.2) is 5.43 Å². The van der Waals surface area contributed by atoms with Crippen molar-refractivity contribution in [1.82, 2.24) is 5.43 Å². The Hall–Kier alpha value is -3.36. The van der Waals surface area contributed by atoms with Crippen LogP contribution in [-0.4, -0.2) is 23.7 Å². The third-order valence-corrected chi connectivity index (χ3v) is 4.48. The third-order valence-electron chi connectivity index (χ3n) is 3.95. The van der Waals surface area contributed by atoms with Gasteiger partial charge in [-0.15, -0.1) is 0 Å². The van der Waals surface area contributed by atoms with Crippen molar-refractivity contribution in [3.63, 3.8) is 0 Å². The number of carbonyl (C=O) groups is 1. The molecule has 0 spiro atoms. The highest BCUT2D eigenvalue weighted by molar-refractivity contribution is 6.35. The van der Waals surface area contributed by atoms with E-state index in [1.807, 2.05) is 0 Å². The highest BCUT2D eigenvalue weighted by atomic mass is 35.5. The number of ether oxygens (including phenoxy) is 1.